The van der Waals surface area contributed by atoms with Crippen LogP contribution >= 0.6 is 15.9 Å². The number of rotatable bonds is 3. The van der Waals surface area contributed by atoms with Crippen molar-refractivity contribution in [1.29, 1.82) is 0 Å². The summed E-state index contributed by atoms with van der Waals surface area (Å²) < 4.78 is 31.8. The first-order valence-corrected chi connectivity index (χ1v) is 8.33. The molecule has 2 nitrogen and oxygen atoms in total. The van der Waals surface area contributed by atoms with Gasteiger partial charge in [0.15, 0.2) is 0 Å². The molecule has 1 heterocycles. The van der Waals surface area contributed by atoms with Crippen molar-refractivity contribution in [3.63, 3.8) is 0 Å². The molecule has 0 saturated heterocycles. The van der Waals surface area contributed by atoms with Crippen LogP contribution in [-0.4, -0.2) is 10.8 Å². The Morgan fingerprint density at radius 2 is 2.00 bits per heavy atom. The van der Waals surface area contributed by atoms with Gasteiger partial charge < -0.3 is 4.74 Å². The van der Waals surface area contributed by atoms with E-state index in [2.05, 4.69) is 15.9 Å². The van der Waals surface area contributed by atoms with Crippen LogP contribution in [-0.2, 0) is 23.0 Å². The van der Waals surface area contributed by atoms with Crippen LogP contribution in [0.15, 0.2) is 45.8 Å². The van der Waals surface area contributed by atoms with Crippen molar-refractivity contribution in [1.82, 2.24) is 0 Å². The van der Waals surface area contributed by atoms with Crippen LogP contribution in [0, 0.1) is 5.82 Å². The third-order valence-corrected chi connectivity index (χ3v) is 5.02. The molecule has 0 bridgehead atoms. The maximum atomic E-state index is 12.9. The molecule has 3 rings (SSSR count). The topological polar surface area (TPSA) is 26.3 Å². The van der Waals surface area contributed by atoms with E-state index in [-0.39, 0.29) is 5.82 Å². The Morgan fingerprint density at radius 3 is 2.75 bits per heavy atom. The van der Waals surface area contributed by atoms with Crippen LogP contribution in [0.4, 0.5) is 4.39 Å². The van der Waals surface area contributed by atoms with Gasteiger partial charge in [0.2, 0.25) is 0 Å². The quantitative estimate of drug-likeness (QED) is 0.837. The molecule has 0 fully saturated rings. The first-order chi connectivity index (χ1) is 9.63. The largest absolute Gasteiger partial charge is 0.493 e. The lowest BCUT2D eigenvalue weighted by molar-refractivity contribution is 0.354. The molecule has 0 saturated carbocycles. The first kappa shape index (κ1) is 13.8. The molecule has 1 atom stereocenters. The number of hydrogen-bond donors (Lipinski definition) is 0. The third-order valence-electron chi connectivity index (χ3n) is 3.19. The lowest BCUT2D eigenvalue weighted by atomic mass is 10.1. The Morgan fingerprint density at radius 1 is 1.25 bits per heavy atom. The smallest absolute Gasteiger partial charge is 0.126 e. The van der Waals surface area contributed by atoms with Crippen LogP contribution in [0.1, 0.15) is 11.1 Å². The Balaban J connectivity index is 1.88. The molecule has 104 valence electrons. The van der Waals surface area contributed by atoms with Gasteiger partial charge in [-0.15, -0.1) is 0 Å². The Bertz CT molecular complexity index is 670. The normalized spacial score (nSPS) is 14.7. The summed E-state index contributed by atoms with van der Waals surface area (Å²) >= 11 is 3.47. The van der Waals surface area contributed by atoms with Crippen LogP contribution in [0.5, 0.6) is 5.75 Å². The van der Waals surface area contributed by atoms with Crippen LogP contribution in [0.2, 0.25) is 0 Å². The van der Waals surface area contributed by atoms with E-state index in [1.54, 1.807) is 12.1 Å². The zero-order valence-corrected chi connectivity index (χ0v) is 13.0. The molecule has 2 aromatic carbocycles. The minimum absolute atomic E-state index is 0.322. The van der Waals surface area contributed by atoms with E-state index >= 15 is 0 Å². The van der Waals surface area contributed by atoms with E-state index in [4.69, 9.17) is 4.74 Å². The fourth-order valence-corrected chi connectivity index (χ4v) is 3.92. The Kier molecular flexibility index (Phi) is 3.89. The van der Waals surface area contributed by atoms with E-state index in [1.165, 1.54) is 12.1 Å². The predicted molar refractivity (Wildman–Crippen MR) is 79.9 cm³/mol. The second-order valence-corrected chi connectivity index (χ2v) is 6.96. The van der Waals surface area contributed by atoms with Gasteiger partial charge in [-0.25, -0.2) is 4.39 Å². The summed E-state index contributed by atoms with van der Waals surface area (Å²) in [5.41, 5.74) is 2.07. The zero-order chi connectivity index (χ0) is 14.1. The van der Waals surface area contributed by atoms with Crippen molar-refractivity contribution >= 4 is 26.7 Å². The van der Waals surface area contributed by atoms with Crippen molar-refractivity contribution in [3.05, 3.63) is 57.8 Å². The van der Waals surface area contributed by atoms with Gasteiger partial charge >= 0.3 is 0 Å². The summed E-state index contributed by atoms with van der Waals surface area (Å²) in [5.74, 6) is 0.897. The maximum absolute atomic E-state index is 12.9. The monoisotopic (exact) mass is 354 g/mol. The first-order valence-electron chi connectivity index (χ1n) is 6.21. The molecule has 2 aromatic rings. The van der Waals surface area contributed by atoms with E-state index in [1.807, 2.05) is 12.1 Å². The maximum Gasteiger partial charge on any atom is 0.126 e. The van der Waals surface area contributed by atoms with Crippen molar-refractivity contribution < 1.29 is 13.3 Å². The number of fused-ring (bicyclic) bond motifs is 1. The molecule has 0 aliphatic carbocycles. The molecule has 0 spiro atoms. The molecule has 0 aromatic heterocycles. The molecular formula is C15H12BrFO2S. The minimum Gasteiger partial charge on any atom is -0.493 e. The minimum atomic E-state index is -1.21. The number of hydrogen-bond acceptors (Lipinski definition) is 2. The van der Waals surface area contributed by atoms with E-state index < -0.39 is 10.8 Å². The summed E-state index contributed by atoms with van der Waals surface area (Å²) in [6, 6.07) is 9.75. The molecule has 0 N–H and O–H groups in total. The van der Waals surface area contributed by atoms with Crippen molar-refractivity contribution in [2.75, 3.05) is 6.61 Å². The number of halogens is 2. The van der Waals surface area contributed by atoms with Gasteiger partial charge in [-0.1, -0.05) is 15.9 Å². The van der Waals surface area contributed by atoms with Gasteiger partial charge in [-0.05, 0) is 42.0 Å². The molecular weight excluding hydrogens is 343 g/mol. The van der Waals surface area contributed by atoms with Crippen molar-refractivity contribution in [2.45, 2.75) is 17.1 Å². The summed E-state index contributed by atoms with van der Waals surface area (Å²) in [7, 11) is -1.21. The van der Waals surface area contributed by atoms with E-state index in [9.17, 15) is 8.60 Å². The second-order valence-electron chi connectivity index (χ2n) is 4.60. The summed E-state index contributed by atoms with van der Waals surface area (Å²) in [6.07, 6.45) is 0.880. The predicted octanol–water partition coefficient (Wildman–Crippen LogP) is 3.83. The lowest BCUT2D eigenvalue weighted by Crippen LogP contribution is -1.99. The molecule has 0 radical (unpaired) electrons. The average molecular weight is 355 g/mol. The number of benzene rings is 2. The van der Waals surface area contributed by atoms with Gasteiger partial charge in [0.25, 0.3) is 0 Å². The lowest BCUT2D eigenvalue weighted by Gasteiger charge is -2.09. The average Bonchev–Trinajstić information content (AvgIpc) is 2.87. The summed E-state index contributed by atoms with van der Waals surface area (Å²) in [5, 5.41) is 0. The highest BCUT2D eigenvalue weighted by atomic mass is 79.9. The van der Waals surface area contributed by atoms with Crippen LogP contribution in [0.25, 0.3) is 0 Å². The van der Waals surface area contributed by atoms with Gasteiger partial charge in [-0.2, -0.15) is 0 Å². The highest BCUT2D eigenvalue weighted by molar-refractivity contribution is 9.10. The Hall–Kier alpha value is -1.20. The highest BCUT2D eigenvalue weighted by Gasteiger charge is 2.19. The van der Waals surface area contributed by atoms with Crippen LogP contribution in [0.3, 0.4) is 0 Å². The van der Waals surface area contributed by atoms with Gasteiger partial charge in [0.1, 0.15) is 11.6 Å². The fourth-order valence-electron chi connectivity index (χ4n) is 2.26. The fraction of sp³-hybridized carbons (Fsp3) is 0.200. The highest BCUT2D eigenvalue weighted by Crippen LogP contribution is 2.34. The Labute approximate surface area is 127 Å². The van der Waals surface area contributed by atoms with Gasteiger partial charge in [0.05, 0.1) is 23.2 Å². The van der Waals surface area contributed by atoms with Gasteiger partial charge in [-0.3, -0.25) is 4.21 Å². The molecule has 20 heavy (non-hydrogen) atoms. The number of ether oxygens (including phenoxy) is 1. The zero-order valence-electron chi connectivity index (χ0n) is 10.6. The molecule has 1 aliphatic heterocycles. The second kappa shape index (κ2) is 5.66. The van der Waals surface area contributed by atoms with E-state index in [0.29, 0.717) is 17.3 Å². The molecule has 5 heteroatoms. The van der Waals surface area contributed by atoms with Crippen molar-refractivity contribution in [2.24, 2.45) is 0 Å². The van der Waals surface area contributed by atoms with Crippen molar-refractivity contribution in [3.8, 4) is 5.75 Å². The molecule has 1 aliphatic rings. The SMILES string of the molecule is O=S(Cc1cc(Br)cc2c1OCC2)c1ccc(F)cc1. The summed E-state index contributed by atoms with van der Waals surface area (Å²) in [4.78, 5) is 0.623. The molecule has 1 unspecified atom stereocenters. The van der Waals surface area contributed by atoms with Gasteiger partial charge in [0, 0.05) is 21.4 Å². The standard InChI is InChI=1S/C15H12BrFO2S/c16-12-7-10-5-6-19-15(10)11(8-12)9-20(18)14-3-1-13(17)2-4-14/h1-4,7-8H,5-6,9H2. The third kappa shape index (κ3) is 2.79. The summed E-state index contributed by atoms with van der Waals surface area (Å²) in [6.45, 7) is 0.669. The van der Waals surface area contributed by atoms with E-state index in [0.717, 1.165) is 27.8 Å². The van der Waals surface area contributed by atoms with Crippen LogP contribution < -0.4 is 4.74 Å². The molecule has 0 amide bonds.